The van der Waals surface area contributed by atoms with E-state index in [9.17, 15) is 9.59 Å². The first-order valence-electron chi connectivity index (χ1n) is 12.2. The van der Waals surface area contributed by atoms with E-state index in [0.717, 1.165) is 35.4 Å². The number of nitrogens with zero attached hydrogens (tertiary/aromatic N) is 3. The highest BCUT2D eigenvalue weighted by Crippen LogP contribution is 2.41. The summed E-state index contributed by atoms with van der Waals surface area (Å²) in [5.74, 6) is -0.120. The molecule has 2 amide bonds. The lowest BCUT2D eigenvalue weighted by Crippen LogP contribution is -2.41. The second-order valence-corrected chi connectivity index (χ2v) is 10.3. The van der Waals surface area contributed by atoms with Crippen LogP contribution in [-0.2, 0) is 16.6 Å². The number of carbonyl (C=O) groups is 2. The molecule has 35 heavy (non-hydrogen) atoms. The van der Waals surface area contributed by atoms with Gasteiger partial charge in [-0.3, -0.25) is 14.5 Å². The van der Waals surface area contributed by atoms with Gasteiger partial charge in [0.1, 0.15) is 5.00 Å². The SMILES string of the molecule is Cc1c(-c2ccccc2)sc(NC(=O)CN2CCCC2c2cccn2C)c1C(=O)N1CCOCC1. The van der Waals surface area contributed by atoms with E-state index < -0.39 is 0 Å². The van der Waals surface area contributed by atoms with E-state index in [4.69, 9.17) is 4.74 Å². The molecule has 2 aromatic heterocycles. The highest BCUT2D eigenvalue weighted by molar-refractivity contribution is 7.20. The van der Waals surface area contributed by atoms with Crippen LogP contribution in [0.3, 0.4) is 0 Å². The third-order valence-corrected chi connectivity index (χ3v) is 8.24. The summed E-state index contributed by atoms with van der Waals surface area (Å²) in [7, 11) is 2.05. The molecule has 2 fully saturated rings. The Labute approximate surface area is 210 Å². The minimum atomic E-state index is -0.0806. The Bertz CT molecular complexity index is 1200. The summed E-state index contributed by atoms with van der Waals surface area (Å²) in [5.41, 5.74) is 3.80. The summed E-state index contributed by atoms with van der Waals surface area (Å²) in [6.07, 6.45) is 4.16. The molecule has 5 rings (SSSR count). The van der Waals surface area contributed by atoms with Gasteiger partial charge in [-0.15, -0.1) is 11.3 Å². The maximum atomic E-state index is 13.6. The van der Waals surface area contributed by atoms with Crippen molar-refractivity contribution in [2.24, 2.45) is 7.05 Å². The second kappa shape index (κ2) is 10.4. The Morgan fingerprint density at radius 3 is 2.57 bits per heavy atom. The van der Waals surface area contributed by atoms with E-state index in [-0.39, 0.29) is 17.9 Å². The molecule has 8 heteroatoms. The van der Waals surface area contributed by atoms with Gasteiger partial charge >= 0.3 is 0 Å². The van der Waals surface area contributed by atoms with Gasteiger partial charge in [0.25, 0.3) is 5.91 Å². The van der Waals surface area contributed by atoms with Gasteiger partial charge in [-0.25, -0.2) is 0 Å². The molecule has 7 nitrogen and oxygen atoms in total. The predicted molar refractivity (Wildman–Crippen MR) is 139 cm³/mol. The van der Waals surface area contributed by atoms with Crippen LogP contribution in [0.4, 0.5) is 5.00 Å². The average molecular weight is 493 g/mol. The summed E-state index contributed by atoms with van der Waals surface area (Å²) in [5, 5.41) is 3.76. The number of nitrogens with one attached hydrogen (secondary N) is 1. The third-order valence-electron chi connectivity index (χ3n) is 6.98. The first-order valence-corrected chi connectivity index (χ1v) is 13.1. The number of hydrogen-bond acceptors (Lipinski definition) is 5. The van der Waals surface area contributed by atoms with Gasteiger partial charge in [0.2, 0.25) is 5.91 Å². The van der Waals surface area contributed by atoms with Crippen LogP contribution in [0, 0.1) is 6.92 Å². The highest BCUT2D eigenvalue weighted by Gasteiger charge is 2.31. The van der Waals surface area contributed by atoms with Gasteiger partial charge in [0.15, 0.2) is 0 Å². The molecular formula is C27H32N4O3S. The molecule has 1 atom stereocenters. The number of anilines is 1. The zero-order valence-corrected chi connectivity index (χ0v) is 21.1. The molecule has 2 saturated heterocycles. The van der Waals surface area contributed by atoms with Crippen molar-refractivity contribution in [2.45, 2.75) is 25.8 Å². The Balaban J connectivity index is 1.40. The molecule has 3 aromatic rings. The predicted octanol–water partition coefficient (Wildman–Crippen LogP) is 4.31. The summed E-state index contributed by atoms with van der Waals surface area (Å²) in [6, 6.07) is 14.5. The van der Waals surface area contributed by atoms with E-state index in [2.05, 4.69) is 40.2 Å². The van der Waals surface area contributed by atoms with Gasteiger partial charge in [0, 0.05) is 36.9 Å². The van der Waals surface area contributed by atoms with Gasteiger partial charge in [0.05, 0.1) is 31.4 Å². The quantitative estimate of drug-likeness (QED) is 0.557. The fourth-order valence-electron chi connectivity index (χ4n) is 5.17. The molecule has 0 saturated carbocycles. The minimum absolute atomic E-state index is 0.0395. The number of thiophene rings is 1. The molecule has 2 aliphatic heterocycles. The van der Waals surface area contributed by atoms with Crippen molar-refractivity contribution in [2.75, 3.05) is 44.7 Å². The van der Waals surface area contributed by atoms with E-state index >= 15 is 0 Å². The number of hydrogen-bond donors (Lipinski definition) is 1. The fourth-order valence-corrected chi connectivity index (χ4v) is 6.39. The number of aromatic nitrogens is 1. The lowest BCUT2D eigenvalue weighted by Gasteiger charge is -2.27. The molecule has 2 aliphatic rings. The molecule has 4 heterocycles. The fraction of sp³-hybridized carbons (Fsp3) is 0.407. The molecule has 1 aromatic carbocycles. The van der Waals surface area contributed by atoms with E-state index in [0.29, 0.717) is 43.4 Å². The lowest BCUT2D eigenvalue weighted by atomic mass is 10.1. The number of ether oxygens (including phenoxy) is 1. The van der Waals surface area contributed by atoms with Crippen LogP contribution in [0.15, 0.2) is 48.7 Å². The van der Waals surface area contributed by atoms with Crippen molar-refractivity contribution in [3.63, 3.8) is 0 Å². The molecule has 0 aliphatic carbocycles. The van der Waals surface area contributed by atoms with Crippen LogP contribution >= 0.6 is 11.3 Å². The van der Waals surface area contributed by atoms with Crippen LogP contribution in [0.25, 0.3) is 10.4 Å². The Kier molecular flexibility index (Phi) is 7.04. The van der Waals surface area contributed by atoms with Gasteiger partial charge in [-0.1, -0.05) is 30.3 Å². The van der Waals surface area contributed by atoms with E-state index in [1.165, 1.54) is 17.0 Å². The maximum Gasteiger partial charge on any atom is 0.257 e. The van der Waals surface area contributed by atoms with Gasteiger partial charge < -0.3 is 19.5 Å². The highest BCUT2D eigenvalue weighted by atomic mass is 32.1. The Hall–Kier alpha value is -2.94. The number of rotatable bonds is 6. The standard InChI is InChI=1S/C27H32N4O3S/c1-19-24(27(33)30-14-16-34-17-15-30)26(35-25(19)20-8-4-3-5-9-20)28-23(32)18-31-13-7-11-22(31)21-10-6-12-29(21)2/h3-6,8-10,12,22H,7,11,13-18H2,1-2H3,(H,28,32). The van der Waals surface area contributed by atoms with Crippen molar-refractivity contribution < 1.29 is 14.3 Å². The van der Waals surface area contributed by atoms with Crippen LogP contribution in [0.5, 0.6) is 0 Å². The zero-order valence-electron chi connectivity index (χ0n) is 20.3. The first kappa shape index (κ1) is 23.8. The number of amides is 2. The van der Waals surface area contributed by atoms with Gasteiger partial charge in [-0.2, -0.15) is 0 Å². The number of likely N-dealkylation sites (tertiary alicyclic amines) is 1. The Morgan fingerprint density at radius 1 is 1.09 bits per heavy atom. The third kappa shape index (κ3) is 4.91. The van der Waals surface area contributed by atoms with E-state index in [1.807, 2.05) is 42.2 Å². The van der Waals surface area contributed by atoms with E-state index in [1.54, 1.807) is 0 Å². The summed E-state index contributed by atoms with van der Waals surface area (Å²) in [4.78, 5) is 31.9. The summed E-state index contributed by atoms with van der Waals surface area (Å²) in [6.45, 7) is 5.38. The molecule has 0 bridgehead atoms. The normalized spacial score (nSPS) is 18.7. The molecule has 1 unspecified atom stereocenters. The topological polar surface area (TPSA) is 66.8 Å². The smallest absolute Gasteiger partial charge is 0.257 e. The first-order chi connectivity index (χ1) is 17.0. The van der Waals surface area contributed by atoms with Crippen molar-refractivity contribution >= 4 is 28.2 Å². The van der Waals surface area contributed by atoms with Crippen molar-refractivity contribution in [3.8, 4) is 10.4 Å². The second-order valence-electron chi connectivity index (χ2n) is 9.25. The number of aryl methyl sites for hydroxylation is 1. The number of morpholine rings is 1. The van der Waals surface area contributed by atoms with Crippen molar-refractivity contribution in [1.82, 2.24) is 14.4 Å². The molecule has 184 valence electrons. The summed E-state index contributed by atoms with van der Waals surface area (Å²) < 4.78 is 7.57. The number of carbonyl (C=O) groups excluding carboxylic acids is 2. The van der Waals surface area contributed by atoms with Crippen LogP contribution in [-0.4, -0.2) is 65.6 Å². The monoisotopic (exact) mass is 492 g/mol. The molecule has 0 spiro atoms. The molecule has 0 radical (unpaired) electrons. The van der Waals surface area contributed by atoms with Crippen LogP contribution in [0.1, 0.15) is 40.5 Å². The van der Waals surface area contributed by atoms with Crippen LogP contribution in [0.2, 0.25) is 0 Å². The number of benzene rings is 1. The lowest BCUT2D eigenvalue weighted by molar-refractivity contribution is -0.117. The van der Waals surface area contributed by atoms with Crippen molar-refractivity contribution in [1.29, 1.82) is 0 Å². The largest absolute Gasteiger partial charge is 0.378 e. The van der Waals surface area contributed by atoms with Gasteiger partial charge in [-0.05, 0) is 49.6 Å². The summed E-state index contributed by atoms with van der Waals surface area (Å²) >= 11 is 1.49. The Morgan fingerprint density at radius 2 is 1.86 bits per heavy atom. The molecular weight excluding hydrogens is 460 g/mol. The zero-order chi connectivity index (χ0) is 24.4. The molecule has 1 N–H and O–H groups in total. The minimum Gasteiger partial charge on any atom is -0.378 e. The van der Waals surface area contributed by atoms with Crippen molar-refractivity contribution in [3.05, 3.63) is 65.5 Å². The maximum absolute atomic E-state index is 13.6. The average Bonchev–Trinajstić information content (AvgIpc) is 3.58. The van der Waals surface area contributed by atoms with Crippen LogP contribution < -0.4 is 5.32 Å².